The maximum absolute atomic E-state index is 14.1. The number of hydrogen-bond donors (Lipinski definition) is 1. The fourth-order valence-corrected chi connectivity index (χ4v) is 6.11. The summed E-state index contributed by atoms with van der Waals surface area (Å²) in [5.41, 5.74) is 2.98. The number of nitrogens with one attached hydrogen (secondary N) is 1. The number of aryl methyl sites for hydroxylation is 1. The first-order valence-corrected chi connectivity index (χ1v) is 15.7. The van der Waals surface area contributed by atoms with Crippen LogP contribution in [0.25, 0.3) is 0 Å². The minimum Gasteiger partial charge on any atom is -0.352 e. The first-order valence-electron chi connectivity index (χ1n) is 13.9. The van der Waals surface area contributed by atoms with Crippen molar-refractivity contribution in [2.24, 2.45) is 0 Å². The van der Waals surface area contributed by atoms with Crippen molar-refractivity contribution >= 4 is 39.1 Å². The number of halogens is 1. The SMILES string of the molecule is CCC(C(=O)NC(C)C)N(Cc1ccccc1Cl)C(=O)CN(c1ccc(C(C)C)cc1)S(=O)(=O)c1ccc(C)cc1. The molecule has 1 N–H and O–H groups in total. The number of amides is 2. The molecule has 0 aliphatic carbocycles. The van der Waals surface area contributed by atoms with E-state index in [1.807, 2.05) is 45.9 Å². The Kier molecular flexibility index (Phi) is 11.0. The zero-order chi connectivity index (χ0) is 30.3. The molecule has 9 heteroatoms. The Balaban J connectivity index is 2.09. The summed E-state index contributed by atoms with van der Waals surface area (Å²) in [7, 11) is -4.13. The van der Waals surface area contributed by atoms with Gasteiger partial charge in [0.25, 0.3) is 10.0 Å². The first-order chi connectivity index (χ1) is 19.3. The standard InChI is InChI=1S/C32H40ClN3O4S/c1-7-30(32(38)34-23(4)5)35(20-26-10-8-9-11-29(26)33)31(37)21-36(27-16-14-25(15-17-27)22(2)3)41(39,40)28-18-12-24(6)13-19-28/h8-19,22-23,30H,7,20-21H2,1-6H3,(H,34,38). The quantitative estimate of drug-likeness (QED) is 0.265. The Morgan fingerprint density at radius 1 is 0.902 bits per heavy atom. The van der Waals surface area contributed by atoms with Gasteiger partial charge in [0.05, 0.1) is 10.6 Å². The van der Waals surface area contributed by atoms with Gasteiger partial charge in [0.1, 0.15) is 12.6 Å². The molecule has 0 radical (unpaired) electrons. The number of benzene rings is 3. The molecule has 0 aliphatic rings. The van der Waals surface area contributed by atoms with Gasteiger partial charge >= 0.3 is 0 Å². The lowest BCUT2D eigenvalue weighted by atomic mass is 10.0. The molecule has 0 saturated carbocycles. The van der Waals surface area contributed by atoms with Gasteiger partial charge in [-0.15, -0.1) is 0 Å². The van der Waals surface area contributed by atoms with Gasteiger partial charge in [-0.1, -0.05) is 80.4 Å². The maximum atomic E-state index is 14.1. The number of rotatable bonds is 12. The van der Waals surface area contributed by atoms with Gasteiger partial charge in [0, 0.05) is 17.6 Å². The van der Waals surface area contributed by atoms with Gasteiger partial charge in [0.15, 0.2) is 0 Å². The fourth-order valence-electron chi connectivity index (χ4n) is 4.50. The third-order valence-electron chi connectivity index (χ3n) is 6.85. The van der Waals surface area contributed by atoms with Gasteiger partial charge in [-0.2, -0.15) is 0 Å². The molecule has 0 aromatic heterocycles. The molecule has 3 aromatic carbocycles. The Labute approximate surface area is 249 Å². The van der Waals surface area contributed by atoms with E-state index in [-0.39, 0.29) is 29.3 Å². The molecule has 3 aromatic rings. The van der Waals surface area contributed by atoms with Crippen LogP contribution in [0.1, 0.15) is 63.6 Å². The van der Waals surface area contributed by atoms with Crippen molar-refractivity contribution in [2.75, 3.05) is 10.8 Å². The highest BCUT2D eigenvalue weighted by molar-refractivity contribution is 7.92. The van der Waals surface area contributed by atoms with Crippen LogP contribution in [0.3, 0.4) is 0 Å². The van der Waals surface area contributed by atoms with E-state index >= 15 is 0 Å². The van der Waals surface area contributed by atoms with Gasteiger partial charge in [-0.05, 0) is 74.6 Å². The molecule has 1 unspecified atom stereocenters. The molecule has 0 saturated heterocycles. The Morgan fingerprint density at radius 2 is 1.51 bits per heavy atom. The van der Waals surface area contributed by atoms with Crippen molar-refractivity contribution in [3.05, 3.63) is 94.5 Å². The van der Waals surface area contributed by atoms with Crippen molar-refractivity contribution in [3.8, 4) is 0 Å². The van der Waals surface area contributed by atoms with Gasteiger partial charge in [-0.3, -0.25) is 13.9 Å². The minimum atomic E-state index is -4.13. The van der Waals surface area contributed by atoms with E-state index in [1.165, 1.54) is 17.0 Å². The lowest BCUT2D eigenvalue weighted by Crippen LogP contribution is -2.53. The van der Waals surface area contributed by atoms with Crippen molar-refractivity contribution in [1.82, 2.24) is 10.2 Å². The Bertz CT molecular complexity index is 1440. The number of anilines is 1. The van der Waals surface area contributed by atoms with E-state index in [9.17, 15) is 18.0 Å². The molecular weight excluding hydrogens is 558 g/mol. The summed E-state index contributed by atoms with van der Waals surface area (Å²) < 4.78 is 29.1. The first kappa shape index (κ1) is 32.2. The number of carbonyl (C=O) groups is 2. The largest absolute Gasteiger partial charge is 0.352 e. The Hall–Kier alpha value is -3.36. The van der Waals surface area contributed by atoms with Gasteiger partial charge < -0.3 is 10.2 Å². The lowest BCUT2D eigenvalue weighted by Gasteiger charge is -2.33. The van der Waals surface area contributed by atoms with Crippen LogP contribution in [0.2, 0.25) is 5.02 Å². The number of sulfonamides is 1. The average molecular weight is 598 g/mol. The smallest absolute Gasteiger partial charge is 0.264 e. The molecule has 3 rings (SSSR count). The van der Waals surface area contributed by atoms with E-state index < -0.39 is 28.5 Å². The zero-order valence-corrected chi connectivity index (χ0v) is 26.2. The molecule has 1 atom stereocenters. The third kappa shape index (κ3) is 8.11. The molecule has 0 spiro atoms. The molecular formula is C32H40ClN3O4S. The molecule has 0 aliphatic heterocycles. The molecule has 0 bridgehead atoms. The van der Waals surface area contributed by atoms with E-state index in [4.69, 9.17) is 11.6 Å². The fraction of sp³-hybridized carbons (Fsp3) is 0.375. The monoisotopic (exact) mass is 597 g/mol. The highest BCUT2D eigenvalue weighted by Gasteiger charge is 2.34. The van der Waals surface area contributed by atoms with Crippen LogP contribution in [0, 0.1) is 6.92 Å². The van der Waals surface area contributed by atoms with Crippen LogP contribution in [0.5, 0.6) is 0 Å². The van der Waals surface area contributed by atoms with E-state index in [1.54, 1.807) is 42.5 Å². The summed E-state index contributed by atoms with van der Waals surface area (Å²) >= 11 is 6.45. The number of carbonyl (C=O) groups excluding carboxylic acids is 2. The second-order valence-electron chi connectivity index (χ2n) is 10.8. The van der Waals surface area contributed by atoms with E-state index in [2.05, 4.69) is 19.2 Å². The molecule has 220 valence electrons. The predicted molar refractivity (Wildman–Crippen MR) is 166 cm³/mol. The number of nitrogens with zero attached hydrogens (tertiary/aromatic N) is 2. The minimum absolute atomic E-state index is 0.0488. The molecule has 0 fully saturated rings. The molecule has 7 nitrogen and oxygen atoms in total. The summed E-state index contributed by atoms with van der Waals surface area (Å²) in [6, 6.07) is 19.9. The van der Waals surface area contributed by atoms with Crippen LogP contribution in [-0.4, -0.2) is 43.8 Å². The van der Waals surface area contributed by atoms with Crippen LogP contribution in [0.4, 0.5) is 5.69 Å². The average Bonchev–Trinajstić information content (AvgIpc) is 2.92. The zero-order valence-electron chi connectivity index (χ0n) is 24.6. The highest BCUT2D eigenvalue weighted by atomic mass is 35.5. The van der Waals surface area contributed by atoms with Crippen molar-refractivity contribution in [2.45, 2.75) is 77.4 Å². The van der Waals surface area contributed by atoms with Crippen molar-refractivity contribution in [3.63, 3.8) is 0 Å². The van der Waals surface area contributed by atoms with Crippen LogP contribution in [0.15, 0.2) is 77.7 Å². The van der Waals surface area contributed by atoms with Crippen molar-refractivity contribution in [1.29, 1.82) is 0 Å². The predicted octanol–water partition coefficient (Wildman–Crippen LogP) is 6.30. The summed E-state index contributed by atoms with van der Waals surface area (Å²) in [6.07, 6.45) is 0.336. The maximum Gasteiger partial charge on any atom is 0.264 e. The molecule has 0 heterocycles. The highest BCUT2D eigenvalue weighted by Crippen LogP contribution is 2.27. The summed E-state index contributed by atoms with van der Waals surface area (Å²) in [5, 5.41) is 3.35. The molecule has 41 heavy (non-hydrogen) atoms. The van der Waals surface area contributed by atoms with Crippen LogP contribution < -0.4 is 9.62 Å². The van der Waals surface area contributed by atoms with Gasteiger partial charge in [0.2, 0.25) is 11.8 Å². The summed E-state index contributed by atoms with van der Waals surface area (Å²) in [5.74, 6) is -0.569. The number of hydrogen-bond acceptors (Lipinski definition) is 4. The lowest BCUT2D eigenvalue weighted by molar-refractivity contribution is -0.140. The van der Waals surface area contributed by atoms with Crippen molar-refractivity contribution < 1.29 is 18.0 Å². The summed E-state index contributed by atoms with van der Waals surface area (Å²) in [6.45, 7) is 11.1. The normalized spacial score (nSPS) is 12.3. The third-order valence-corrected chi connectivity index (χ3v) is 9.01. The summed E-state index contributed by atoms with van der Waals surface area (Å²) in [4.78, 5) is 28.9. The van der Waals surface area contributed by atoms with Crippen LogP contribution >= 0.6 is 11.6 Å². The molecule has 2 amide bonds. The Morgan fingerprint density at radius 3 is 2.05 bits per heavy atom. The second kappa shape index (κ2) is 14.0. The topological polar surface area (TPSA) is 86.8 Å². The van der Waals surface area contributed by atoms with Gasteiger partial charge in [-0.25, -0.2) is 8.42 Å². The second-order valence-corrected chi connectivity index (χ2v) is 13.0. The van der Waals surface area contributed by atoms with Crippen LogP contribution in [-0.2, 0) is 26.2 Å². The van der Waals surface area contributed by atoms with E-state index in [0.29, 0.717) is 22.7 Å². The van der Waals surface area contributed by atoms with E-state index in [0.717, 1.165) is 15.4 Å².